The maximum Gasteiger partial charge on any atom is 0.264 e. The van der Waals surface area contributed by atoms with Crippen molar-refractivity contribution in [2.45, 2.75) is 24.0 Å². The maximum atomic E-state index is 13.4. The van der Waals surface area contributed by atoms with Crippen LogP contribution in [0.25, 0.3) is 11.3 Å². The molecule has 0 fully saturated rings. The number of rotatable bonds is 7. The molecular weight excluding hydrogens is 448 g/mol. The first-order chi connectivity index (χ1) is 16.6. The highest BCUT2D eigenvalue weighted by Crippen LogP contribution is 2.25. The lowest BCUT2D eigenvalue weighted by Crippen LogP contribution is -2.41. The van der Waals surface area contributed by atoms with Gasteiger partial charge in [-0.1, -0.05) is 84.1 Å². The number of hydrogen-bond acceptors (Lipinski definition) is 5. The Balaban J connectivity index is 1.41. The first-order valence-corrected chi connectivity index (χ1v) is 12.5. The summed E-state index contributed by atoms with van der Waals surface area (Å²) in [6.07, 6.45) is 3.52. The Hall–Kier alpha value is -3.91. The summed E-state index contributed by atoms with van der Waals surface area (Å²) in [5.74, 6) is 0.588. The largest absolute Gasteiger partial charge is 0.489 e. The normalized spacial score (nSPS) is 16.1. The summed E-state index contributed by atoms with van der Waals surface area (Å²) in [7, 11) is -3.72. The minimum Gasteiger partial charge on any atom is -0.489 e. The van der Waals surface area contributed by atoms with Crippen molar-refractivity contribution in [2.75, 3.05) is 6.54 Å². The Kier molecular flexibility index (Phi) is 6.14. The van der Waals surface area contributed by atoms with Gasteiger partial charge in [0.1, 0.15) is 17.6 Å². The van der Waals surface area contributed by atoms with Crippen molar-refractivity contribution in [2.24, 2.45) is 0 Å². The molecule has 0 unspecified atom stereocenters. The SMILES string of the molecule is O=S(=O)(c1ccccc1)N1C=C(Cc2ccccc2)O[C@H](Cn2cc(-c3ccccc3)nn2)C1. The van der Waals surface area contributed by atoms with E-state index in [2.05, 4.69) is 10.3 Å². The molecule has 8 heteroatoms. The van der Waals surface area contributed by atoms with E-state index in [-0.39, 0.29) is 11.4 Å². The molecule has 0 bridgehead atoms. The molecule has 1 aliphatic rings. The van der Waals surface area contributed by atoms with Crippen LogP contribution < -0.4 is 0 Å². The van der Waals surface area contributed by atoms with E-state index in [9.17, 15) is 8.42 Å². The van der Waals surface area contributed by atoms with E-state index >= 15 is 0 Å². The lowest BCUT2D eigenvalue weighted by molar-refractivity contribution is 0.0613. The van der Waals surface area contributed by atoms with Crippen LogP contribution in [-0.2, 0) is 27.7 Å². The van der Waals surface area contributed by atoms with Gasteiger partial charge in [-0.3, -0.25) is 4.31 Å². The molecule has 7 nitrogen and oxygen atoms in total. The molecule has 34 heavy (non-hydrogen) atoms. The molecule has 2 heterocycles. The van der Waals surface area contributed by atoms with E-state index in [4.69, 9.17) is 4.74 Å². The number of hydrogen-bond donors (Lipinski definition) is 0. The highest BCUT2D eigenvalue weighted by Gasteiger charge is 2.31. The van der Waals surface area contributed by atoms with Crippen LogP contribution >= 0.6 is 0 Å². The fourth-order valence-electron chi connectivity index (χ4n) is 3.91. The molecular formula is C26H24N4O3S. The van der Waals surface area contributed by atoms with Crippen LogP contribution in [0.5, 0.6) is 0 Å². The Morgan fingerprint density at radius 3 is 2.24 bits per heavy atom. The molecule has 0 radical (unpaired) electrons. The van der Waals surface area contributed by atoms with Crippen LogP contribution in [-0.4, -0.2) is 40.4 Å². The molecule has 0 saturated heterocycles. The molecule has 1 atom stereocenters. The number of aromatic nitrogens is 3. The third kappa shape index (κ3) is 4.87. The van der Waals surface area contributed by atoms with Gasteiger partial charge in [-0.2, -0.15) is 0 Å². The van der Waals surface area contributed by atoms with Gasteiger partial charge < -0.3 is 4.74 Å². The van der Waals surface area contributed by atoms with E-state index in [1.54, 1.807) is 41.2 Å². The number of ether oxygens (including phenoxy) is 1. The molecule has 0 saturated carbocycles. The minimum absolute atomic E-state index is 0.177. The highest BCUT2D eigenvalue weighted by atomic mass is 32.2. The van der Waals surface area contributed by atoms with Crippen molar-refractivity contribution >= 4 is 10.0 Å². The molecule has 4 aromatic rings. The number of benzene rings is 3. The summed E-state index contributed by atoms with van der Waals surface area (Å²) in [5, 5.41) is 8.51. The van der Waals surface area contributed by atoms with Crippen LogP contribution in [0.15, 0.2) is 114 Å². The standard InChI is InChI=1S/C26H24N4O3S/c31-34(32,25-14-8-3-9-15-25)30-18-23(16-21-10-4-1-5-11-21)33-24(19-30)17-29-20-26(27-28-29)22-12-6-2-7-13-22/h1-15,18,20,24H,16-17,19H2/t24-/m1/s1. The fourth-order valence-corrected chi connectivity index (χ4v) is 5.30. The summed E-state index contributed by atoms with van der Waals surface area (Å²) in [4.78, 5) is 0.248. The predicted molar refractivity (Wildman–Crippen MR) is 129 cm³/mol. The minimum atomic E-state index is -3.72. The van der Waals surface area contributed by atoms with Crippen LogP contribution in [0.4, 0.5) is 0 Å². The van der Waals surface area contributed by atoms with Crippen molar-refractivity contribution in [1.29, 1.82) is 0 Å². The number of nitrogens with zero attached hydrogens (tertiary/aromatic N) is 4. The first-order valence-electron chi connectivity index (χ1n) is 11.0. The Morgan fingerprint density at radius 2 is 1.53 bits per heavy atom. The third-order valence-corrected chi connectivity index (χ3v) is 7.30. The van der Waals surface area contributed by atoms with Gasteiger partial charge in [0, 0.05) is 12.0 Å². The zero-order valence-corrected chi connectivity index (χ0v) is 19.3. The smallest absolute Gasteiger partial charge is 0.264 e. The summed E-state index contributed by atoms with van der Waals surface area (Å²) < 4.78 is 36.0. The lowest BCUT2D eigenvalue weighted by Gasteiger charge is -2.32. The molecule has 3 aromatic carbocycles. The molecule has 172 valence electrons. The van der Waals surface area contributed by atoms with E-state index < -0.39 is 16.1 Å². The summed E-state index contributed by atoms with van der Waals surface area (Å²) in [6.45, 7) is 0.544. The first kappa shape index (κ1) is 21.9. The van der Waals surface area contributed by atoms with Crippen LogP contribution in [0.2, 0.25) is 0 Å². The van der Waals surface area contributed by atoms with Gasteiger partial charge in [0.15, 0.2) is 0 Å². The van der Waals surface area contributed by atoms with Crippen molar-refractivity contribution < 1.29 is 13.2 Å². The monoisotopic (exact) mass is 472 g/mol. The fraction of sp³-hybridized carbons (Fsp3) is 0.154. The molecule has 0 N–H and O–H groups in total. The molecule has 0 spiro atoms. The maximum absolute atomic E-state index is 13.4. The van der Waals surface area contributed by atoms with E-state index in [0.717, 1.165) is 16.8 Å². The molecule has 0 amide bonds. The van der Waals surface area contributed by atoms with Crippen LogP contribution in [0.3, 0.4) is 0 Å². The average Bonchev–Trinajstić information content (AvgIpc) is 3.34. The second-order valence-corrected chi connectivity index (χ2v) is 9.97. The van der Waals surface area contributed by atoms with Gasteiger partial charge in [0.05, 0.1) is 30.4 Å². The Morgan fingerprint density at radius 1 is 0.882 bits per heavy atom. The van der Waals surface area contributed by atoms with Crippen molar-refractivity contribution in [3.8, 4) is 11.3 Å². The van der Waals surface area contributed by atoms with Crippen molar-refractivity contribution in [3.05, 3.63) is 115 Å². The van der Waals surface area contributed by atoms with Crippen molar-refractivity contribution in [3.63, 3.8) is 0 Å². The Labute approximate surface area is 199 Å². The molecule has 5 rings (SSSR count). The van der Waals surface area contributed by atoms with Gasteiger partial charge in [0.25, 0.3) is 10.0 Å². The zero-order valence-electron chi connectivity index (χ0n) is 18.4. The van der Waals surface area contributed by atoms with E-state index in [1.807, 2.05) is 66.9 Å². The topological polar surface area (TPSA) is 77.3 Å². The van der Waals surface area contributed by atoms with Gasteiger partial charge in [-0.15, -0.1) is 5.10 Å². The van der Waals surface area contributed by atoms with Crippen LogP contribution in [0.1, 0.15) is 5.56 Å². The predicted octanol–water partition coefficient (Wildman–Crippen LogP) is 4.12. The lowest BCUT2D eigenvalue weighted by atomic mass is 10.1. The number of sulfonamides is 1. The second-order valence-electron chi connectivity index (χ2n) is 8.08. The van der Waals surface area contributed by atoms with Gasteiger partial charge in [-0.25, -0.2) is 13.1 Å². The van der Waals surface area contributed by atoms with Crippen molar-refractivity contribution in [1.82, 2.24) is 19.3 Å². The highest BCUT2D eigenvalue weighted by molar-refractivity contribution is 7.89. The molecule has 1 aliphatic heterocycles. The summed E-state index contributed by atoms with van der Waals surface area (Å²) >= 11 is 0. The zero-order chi connectivity index (χ0) is 23.4. The summed E-state index contributed by atoms with van der Waals surface area (Å²) in [6, 6.07) is 28.1. The molecule has 0 aliphatic carbocycles. The van der Waals surface area contributed by atoms with Crippen LogP contribution in [0, 0.1) is 0 Å². The number of allylic oxidation sites excluding steroid dienone is 1. The quantitative estimate of drug-likeness (QED) is 0.404. The van der Waals surface area contributed by atoms with Gasteiger partial charge in [0.2, 0.25) is 0 Å². The van der Waals surface area contributed by atoms with Gasteiger partial charge >= 0.3 is 0 Å². The average molecular weight is 473 g/mol. The molecule has 1 aromatic heterocycles. The van der Waals surface area contributed by atoms with Gasteiger partial charge in [-0.05, 0) is 17.7 Å². The van der Waals surface area contributed by atoms with E-state index in [1.165, 1.54) is 4.31 Å². The summed E-state index contributed by atoms with van der Waals surface area (Å²) in [5.41, 5.74) is 2.76. The van der Waals surface area contributed by atoms with E-state index in [0.29, 0.717) is 18.7 Å². The third-order valence-electron chi connectivity index (χ3n) is 5.56. The second kappa shape index (κ2) is 9.52. The Bertz CT molecular complexity index is 1370.